The molecular weight excluding hydrogens is 355 g/mol. The first-order valence-electron chi connectivity index (χ1n) is 9.99. The van der Waals surface area contributed by atoms with E-state index in [-0.39, 0.29) is 5.91 Å². The summed E-state index contributed by atoms with van der Waals surface area (Å²) in [6.07, 6.45) is 5.73. The third-order valence-electron chi connectivity index (χ3n) is 4.75. The van der Waals surface area contributed by atoms with Gasteiger partial charge in [-0.05, 0) is 43.2 Å². The fourth-order valence-electron chi connectivity index (χ4n) is 3.36. The molecule has 0 saturated carbocycles. The molecule has 0 bridgehead atoms. The van der Waals surface area contributed by atoms with Crippen molar-refractivity contribution >= 4 is 17.1 Å². The van der Waals surface area contributed by atoms with Crippen LogP contribution >= 0.6 is 0 Å². The molecule has 0 atom stereocenters. The second kappa shape index (κ2) is 9.44. The third-order valence-corrected chi connectivity index (χ3v) is 4.75. The molecule has 0 spiro atoms. The van der Waals surface area contributed by atoms with Crippen LogP contribution in [0.25, 0.3) is 11.2 Å². The number of hydrogen-bond donors (Lipinski definition) is 0. The highest BCUT2D eigenvalue weighted by Crippen LogP contribution is 2.18. The molecule has 2 heterocycles. The maximum Gasteiger partial charge on any atom is 0.254 e. The van der Waals surface area contributed by atoms with Crippen molar-refractivity contribution in [1.29, 1.82) is 0 Å². The van der Waals surface area contributed by atoms with Gasteiger partial charge in [-0.1, -0.05) is 32.8 Å². The van der Waals surface area contributed by atoms with E-state index in [1.807, 2.05) is 12.1 Å². The number of unbranched alkanes of at least 4 members (excludes halogenated alkanes) is 2. The summed E-state index contributed by atoms with van der Waals surface area (Å²) in [5, 5.41) is 0. The number of aryl methyl sites for hydroxylation is 1. The predicted octanol–water partition coefficient (Wildman–Crippen LogP) is 4.81. The van der Waals surface area contributed by atoms with Crippen LogP contribution in [-0.2, 0) is 13.1 Å². The summed E-state index contributed by atoms with van der Waals surface area (Å²) in [5.41, 5.74) is 2.04. The summed E-state index contributed by atoms with van der Waals surface area (Å²) in [4.78, 5) is 24.1. The minimum atomic E-state index is -0.401. The Bertz CT molecular complexity index is 937. The number of aromatic nitrogens is 3. The summed E-state index contributed by atoms with van der Waals surface area (Å²) in [7, 11) is 0. The van der Waals surface area contributed by atoms with Crippen molar-refractivity contribution in [1.82, 2.24) is 19.4 Å². The molecule has 0 saturated heterocycles. The van der Waals surface area contributed by atoms with Crippen LogP contribution in [0.15, 0.2) is 42.6 Å². The molecule has 1 amide bonds. The molecule has 3 aromatic rings. The number of hydrogen-bond acceptors (Lipinski definition) is 3. The Morgan fingerprint density at radius 3 is 2.75 bits per heavy atom. The molecule has 5 nitrogen and oxygen atoms in total. The number of amides is 1. The monoisotopic (exact) mass is 382 g/mol. The van der Waals surface area contributed by atoms with Crippen molar-refractivity contribution in [3.8, 4) is 0 Å². The van der Waals surface area contributed by atoms with Gasteiger partial charge in [-0.3, -0.25) is 4.79 Å². The zero-order chi connectivity index (χ0) is 19.9. The van der Waals surface area contributed by atoms with E-state index in [1.165, 1.54) is 12.1 Å². The minimum absolute atomic E-state index is 0.168. The van der Waals surface area contributed by atoms with Gasteiger partial charge in [0.2, 0.25) is 0 Å². The summed E-state index contributed by atoms with van der Waals surface area (Å²) >= 11 is 0. The smallest absolute Gasteiger partial charge is 0.254 e. The Morgan fingerprint density at radius 1 is 1.14 bits per heavy atom. The molecule has 0 radical (unpaired) electrons. The summed E-state index contributed by atoms with van der Waals surface area (Å²) in [5.74, 6) is 0.247. The maximum absolute atomic E-state index is 13.6. The molecular formula is C22H27FN4O. The van der Waals surface area contributed by atoms with E-state index >= 15 is 0 Å². The first kappa shape index (κ1) is 20.0. The zero-order valence-electron chi connectivity index (χ0n) is 16.6. The molecule has 1 aromatic carbocycles. The van der Waals surface area contributed by atoms with Gasteiger partial charge in [-0.15, -0.1) is 0 Å². The normalized spacial score (nSPS) is 11.1. The lowest BCUT2D eigenvalue weighted by Crippen LogP contribution is -2.33. The fourth-order valence-corrected chi connectivity index (χ4v) is 3.36. The number of carbonyl (C=O) groups excluding carboxylic acids is 1. The van der Waals surface area contributed by atoms with E-state index in [0.717, 1.165) is 49.2 Å². The molecule has 2 aromatic heterocycles. The summed E-state index contributed by atoms with van der Waals surface area (Å²) in [6, 6.07) is 9.69. The standard InChI is InChI=1S/C22H27FN4O/c1-3-5-6-14-26(22(28)17-9-7-10-18(23)15-17)16-20-25-19-11-8-12-24-21(19)27(20)13-4-2/h7-12,15H,3-6,13-14,16H2,1-2H3. The molecule has 0 N–H and O–H groups in total. The second-order valence-electron chi connectivity index (χ2n) is 6.97. The molecule has 3 rings (SSSR count). The number of benzene rings is 1. The van der Waals surface area contributed by atoms with Crippen molar-refractivity contribution in [3.63, 3.8) is 0 Å². The number of carbonyl (C=O) groups is 1. The topological polar surface area (TPSA) is 51.0 Å². The van der Waals surface area contributed by atoms with E-state index in [1.54, 1.807) is 23.2 Å². The van der Waals surface area contributed by atoms with E-state index in [2.05, 4.69) is 23.4 Å². The second-order valence-corrected chi connectivity index (χ2v) is 6.97. The number of nitrogens with zero attached hydrogens (tertiary/aromatic N) is 4. The average Bonchev–Trinajstić information content (AvgIpc) is 3.04. The van der Waals surface area contributed by atoms with Crippen molar-refractivity contribution in [2.24, 2.45) is 0 Å². The fraction of sp³-hybridized carbons (Fsp3) is 0.409. The van der Waals surface area contributed by atoms with Crippen LogP contribution in [0.2, 0.25) is 0 Å². The van der Waals surface area contributed by atoms with Crippen molar-refractivity contribution in [2.75, 3.05) is 6.54 Å². The van der Waals surface area contributed by atoms with E-state index in [9.17, 15) is 9.18 Å². The molecule has 148 valence electrons. The van der Waals surface area contributed by atoms with Crippen LogP contribution < -0.4 is 0 Å². The lowest BCUT2D eigenvalue weighted by atomic mass is 10.1. The molecule has 6 heteroatoms. The van der Waals surface area contributed by atoms with Gasteiger partial charge in [-0.2, -0.15) is 0 Å². The van der Waals surface area contributed by atoms with Crippen molar-refractivity contribution in [2.45, 2.75) is 52.6 Å². The highest BCUT2D eigenvalue weighted by atomic mass is 19.1. The van der Waals surface area contributed by atoms with E-state index in [0.29, 0.717) is 18.7 Å². The number of imidazole rings is 1. The average molecular weight is 382 g/mol. The molecule has 0 aliphatic carbocycles. The number of rotatable bonds is 9. The molecule has 0 unspecified atom stereocenters. The third kappa shape index (κ3) is 4.55. The van der Waals surface area contributed by atoms with Gasteiger partial charge >= 0.3 is 0 Å². The molecule has 0 aliphatic heterocycles. The molecule has 0 aliphatic rings. The largest absolute Gasteiger partial charge is 0.331 e. The Morgan fingerprint density at radius 2 is 2.00 bits per heavy atom. The predicted molar refractivity (Wildman–Crippen MR) is 108 cm³/mol. The van der Waals surface area contributed by atoms with Gasteiger partial charge in [0.25, 0.3) is 5.91 Å². The zero-order valence-corrected chi connectivity index (χ0v) is 16.6. The van der Waals surface area contributed by atoms with Crippen molar-refractivity contribution < 1.29 is 9.18 Å². The number of pyridine rings is 1. The summed E-state index contributed by atoms with van der Waals surface area (Å²) < 4.78 is 15.7. The first-order chi connectivity index (χ1) is 13.6. The van der Waals surface area contributed by atoms with E-state index < -0.39 is 5.82 Å². The number of fused-ring (bicyclic) bond motifs is 1. The lowest BCUT2D eigenvalue weighted by molar-refractivity contribution is 0.0733. The van der Waals surface area contributed by atoms with Gasteiger partial charge < -0.3 is 9.47 Å². The minimum Gasteiger partial charge on any atom is -0.331 e. The SMILES string of the molecule is CCCCCN(Cc1nc2cccnc2n1CCC)C(=O)c1cccc(F)c1. The van der Waals surface area contributed by atoms with Crippen LogP contribution in [0.1, 0.15) is 55.7 Å². The number of halogens is 1. The van der Waals surface area contributed by atoms with Crippen LogP contribution in [0, 0.1) is 5.82 Å². The molecule has 28 heavy (non-hydrogen) atoms. The Balaban J connectivity index is 1.92. The first-order valence-corrected chi connectivity index (χ1v) is 9.99. The van der Waals surface area contributed by atoms with Gasteiger partial charge in [-0.25, -0.2) is 14.4 Å². The van der Waals surface area contributed by atoms with Crippen LogP contribution in [0.3, 0.4) is 0 Å². The van der Waals surface area contributed by atoms with Gasteiger partial charge in [0.15, 0.2) is 5.65 Å². The van der Waals surface area contributed by atoms with Crippen LogP contribution in [-0.4, -0.2) is 31.9 Å². The van der Waals surface area contributed by atoms with Gasteiger partial charge in [0.05, 0.1) is 6.54 Å². The summed E-state index contributed by atoms with van der Waals surface area (Å²) in [6.45, 7) is 6.03. The van der Waals surface area contributed by atoms with Gasteiger partial charge in [0.1, 0.15) is 17.2 Å². The van der Waals surface area contributed by atoms with Crippen LogP contribution in [0.5, 0.6) is 0 Å². The quantitative estimate of drug-likeness (QED) is 0.499. The van der Waals surface area contributed by atoms with Gasteiger partial charge in [0, 0.05) is 24.8 Å². The maximum atomic E-state index is 13.6. The lowest BCUT2D eigenvalue weighted by Gasteiger charge is -2.23. The molecule has 0 fully saturated rings. The van der Waals surface area contributed by atoms with Crippen LogP contribution in [0.4, 0.5) is 4.39 Å². The highest BCUT2D eigenvalue weighted by molar-refractivity contribution is 5.94. The van der Waals surface area contributed by atoms with Crippen molar-refractivity contribution in [3.05, 3.63) is 59.8 Å². The Kier molecular flexibility index (Phi) is 6.74. The highest BCUT2D eigenvalue weighted by Gasteiger charge is 2.20. The Labute approximate surface area is 165 Å². The Hall–Kier alpha value is -2.76. The van der Waals surface area contributed by atoms with E-state index in [4.69, 9.17) is 4.98 Å².